The molecule has 0 spiro atoms. The molecular formula is C15H10INO. The van der Waals surface area contributed by atoms with Crippen LogP contribution in [0.5, 0.6) is 0 Å². The summed E-state index contributed by atoms with van der Waals surface area (Å²) in [7, 11) is 0. The summed E-state index contributed by atoms with van der Waals surface area (Å²) in [6.07, 6.45) is 0. The maximum absolute atomic E-state index is 12.4. The number of fused-ring (bicyclic) bond motifs is 1. The molecule has 1 amide bonds. The zero-order valence-electron chi connectivity index (χ0n) is 9.56. The molecule has 0 aliphatic carbocycles. The van der Waals surface area contributed by atoms with Crippen molar-refractivity contribution >= 4 is 39.9 Å². The van der Waals surface area contributed by atoms with Crippen molar-refractivity contribution in [3.05, 3.63) is 69.8 Å². The van der Waals surface area contributed by atoms with E-state index in [0.717, 1.165) is 26.1 Å². The number of nitrogens with zero attached hydrogens (tertiary/aromatic N) is 1. The van der Waals surface area contributed by atoms with Crippen LogP contribution in [0.4, 0.5) is 5.69 Å². The van der Waals surface area contributed by atoms with E-state index in [9.17, 15) is 4.79 Å². The Kier molecular flexibility index (Phi) is 2.70. The molecule has 1 aliphatic heterocycles. The zero-order chi connectivity index (χ0) is 12.7. The number of carbonyl (C=O) groups is 1. The molecular weight excluding hydrogens is 337 g/mol. The first-order valence-corrected chi connectivity index (χ1v) is 6.64. The Labute approximate surface area is 119 Å². The van der Waals surface area contributed by atoms with Gasteiger partial charge in [-0.05, 0) is 52.9 Å². The van der Waals surface area contributed by atoms with Crippen molar-refractivity contribution in [2.24, 2.45) is 0 Å². The fourth-order valence-corrected chi connectivity index (χ4v) is 2.51. The number of hydrogen-bond acceptors (Lipinski definition) is 1. The van der Waals surface area contributed by atoms with Crippen LogP contribution in [-0.2, 0) is 0 Å². The third kappa shape index (κ3) is 1.66. The highest BCUT2D eigenvalue weighted by Crippen LogP contribution is 2.35. The number of amides is 1. The molecule has 0 unspecified atom stereocenters. The maximum atomic E-state index is 12.4. The Bertz CT molecular complexity index is 611. The van der Waals surface area contributed by atoms with Gasteiger partial charge in [-0.15, -0.1) is 0 Å². The molecule has 2 aromatic rings. The first-order chi connectivity index (χ1) is 8.68. The Morgan fingerprint density at radius 1 is 0.944 bits per heavy atom. The third-order valence-corrected chi connectivity index (χ3v) is 3.75. The molecule has 1 heterocycles. The minimum atomic E-state index is -0.00296. The molecule has 3 rings (SSSR count). The Balaban J connectivity index is 2.09. The quantitative estimate of drug-likeness (QED) is 0.716. The van der Waals surface area contributed by atoms with Crippen LogP contribution in [0.3, 0.4) is 0 Å². The Morgan fingerprint density at radius 3 is 2.17 bits per heavy atom. The second-order valence-corrected chi connectivity index (χ2v) is 5.35. The topological polar surface area (TPSA) is 20.3 Å². The fraction of sp³-hybridized carbons (Fsp3) is 0. The van der Waals surface area contributed by atoms with Gasteiger partial charge < -0.3 is 0 Å². The predicted molar refractivity (Wildman–Crippen MR) is 81.4 cm³/mol. The number of benzene rings is 2. The summed E-state index contributed by atoms with van der Waals surface area (Å²) in [5, 5.41) is 0. The van der Waals surface area contributed by atoms with Crippen LogP contribution >= 0.6 is 22.6 Å². The highest BCUT2D eigenvalue weighted by molar-refractivity contribution is 14.1. The monoisotopic (exact) mass is 347 g/mol. The normalized spacial score (nSPS) is 13.9. The van der Waals surface area contributed by atoms with Crippen LogP contribution in [0.15, 0.2) is 55.1 Å². The van der Waals surface area contributed by atoms with Crippen molar-refractivity contribution in [2.45, 2.75) is 0 Å². The first-order valence-electron chi connectivity index (χ1n) is 5.57. The second-order valence-electron chi connectivity index (χ2n) is 4.11. The summed E-state index contributed by atoms with van der Waals surface area (Å²) in [6.45, 7) is 4.03. The molecule has 2 aromatic carbocycles. The predicted octanol–water partition coefficient (Wildman–Crippen LogP) is 3.92. The third-order valence-electron chi connectivity index (χ3n) is 3.03. The molecule has 0 aromatic heterocycles. The van der Waals surface area contributed by atoms with E-state index in [4.69, 9.17) is 0 Å². The van der Waals surface area contributed by atoms with Gasteiger partial charge in [0.2, 0.25) is 0 Å². The number of halogens is 1. The number of rotatable bonds is 1. The molecule has 0 saturated heterocycles. The van der Waals surface area contributed by atoms with E-state index in [1.807, 2.05) is 48.5 Å². The van der Waals surface area contributed by atoms with Gasteiger partial charge in [-0.25, -0.2) is 0 Å². The lowest BCUT2D eigenvalue weighted by Gasteiger charge is -2.17. The van der Waals surface area contributed by atoms with E-state index in [2.05, 4.69) is 29.2 Å². The molecule has 0 radical (unpaired) electrons. The highest BCUT2D eigenvalue weighted by Gasteiger charge is 2.31. The van der Waals surface area contributed by atoms with Crippen LogP contribution in [-0.4, -0.2) is 5.91 Å². The molecule has 18 heavy (non-hydrogen) atoms. The lowest BCUT2D eigenvalue weighted by atomic mass is 10.1. The van der Waals surface area contributed by atoms with Gasteiger partial charge in [-0.2, -0.15) is 0 Å². The average Bonchev–Trinajstić information content (AvgIpc) is 2.64. The summed E-state index contributed by atoms with van der Waals surface area (Å²) in [5.41, 5.74) is 3.25. The molecule has 0 N–H and O–H groups in total. The molecule has 1 aliphatic rings. The highest BCUT2D eigenvalue weighted by atomic mass is 127. The van der Waals surface area contributed by atoms with Crippen LogP contribution in [0, 0.1) is 3.57 Å². The van der Waals surface area contributed by atoms with Crippen molar-refractivity contribution < 1.29 is 4.79 Å². The van der Waals surface area contributed by atoms with E-state index in [0.29, 0.717) is 0 Å². The van der Waals surface area contributed by atoms with Gasteiger partial charge in [0.15, 0.2) is 0 Å². The largest absolute Gasteiger partial charge is 0.277 e. The lowest BCUT2D eigenvalue weighted by molar-refractivity contribution is 0.101. The van der Waals surface area contributed by atoms with E-state index in [1.54, 1.807) is 4.90 Å². The molecule has 0 saturated carbocycles. The molecule has 2 nitrogen and oxygen atoms in total. The van der Waals surface area contributed by atoms with Crippen LogP contribution in [0.1, 0.15) is 15.9 Å². The van der Waals surface area contributed by atoms with Crippen LogP contribution in [0.25, 0.3) is 5.70 Å². The van der Waals surface area contributed by atoms with E-state index in [1.165, 1.54) is 0 Å². The minimum absolute atomic E-state index is 0.00296. The van der Waals surface area contributed by atoms with Gasteiger partial charge in [0.1, 0.15) is 0 Å². The van der Waals surface area contributed by atoms with Crippen molar-refractivity contribution in [1.82, 2.24) is 0 Å². The second kappa shape index (κ2) is 4.24. The SMILES string of the molecule is C=C1c2ccccc2C(=O)N1c1ccc(I)cc1. The molecule has 88 valence electrons. The summed E-state index contributed by atoms with van der Waals surface area (Å²) >= 11 is 2.24. The summed E-state index contributed by atoms with van der Waals surface area (Å²) in [4.78, 5) is 14.0. The molecule has 0 bridgehead atoms. The van der Waals surface area contributed by atoms with Crippen molar-refractivity contribution in [1.29, 1.82) is 0 Å². The van der Waals surface area contributed by atoms with Gasteiger partial charge in [-0.1, -0.05) is 24.8 Å². The summed E-state index contributed by atoms with van der Waals surface area (Å²) in [6, 6.07) is 15.4. The Morgan fingerprint density at radius 2 is 1.56 bits per heavy atom. The standard InChI is InChI=1S/C15H10INO/c1-10-13-4-2-3-5-14(13)15(18)17(10)12-8-6-11(16)7-9-12/h2-9H,1H2. The van der Waals surface area contributed by atoms with Gasteiger partial charge in [-0.3, -0.25) is 9.69 Å². The fourth-order valence-electron chi connectivity index (χ4n) is 2.15. The van der Waals surface area contributed by atoms with Gasteiger partial charge >= 0.3 is 0 Å². The molecule has 0 atom stereocenters. The maximum Gasteiger partial charge on any atom is 0.263 e. The minimum Gasteiger partial charge on any atom is -0.277 e. The first kappa shape index (κ1) is 11.5. The van der Waals surface area contributed by atoms with Crippen LogP contribution in [0.2, 0.25) is 0 Å². The van der Waals surface area contributed by atoms with Gasteiger partial charge in [0, 0.05) is 20.4 Å². The molecule has 3 heteroatoms. The van der Waals surface area contributed by atoms with Crippen molar-refractivity contribution in [3.8, 4) is 0 Å². The van der Waals surface area contributed by atoms with Crippen molar-refractivity contribution in [2.75, 3.05) is 4.90 Å². The summed E-state index contributed by atoms with van der Waals surface area (Å²) in [5.74, 6) is -0.00296. The number of anilines is 1. The van der Waals surface area contributed by atoms with Crippen molar-refractivity contribution in [3.63, 3.8) is 0 Å². The lowest BCUT2D eigenvalue weighted by Crippen LogP contribution is -2.21. The van der Waals surface area contributed by atoms with E-state index < -0.39 is 0 Å². The molecule has 0 fully saturated rings. The van der Waals surface area contributed by atoms with Gasteiger partial charge in [0.25, 0.3) is 5.91 Å². The van der Waals surface area contributed by atoms with E-state index >= 15 is 0 Å². The summed E-state index contributed by atoms with van der Waals surface area (Å²) < 4.78 is 1.14. The van der Waals surface area contributed by atoms with E-state index in [-0.39, 0.29) is 5.91 Å². The van der Waals surface area contributed by atoms with Gasteiger partial charge in [0.05, 0.1) is 5.70 Å². The average molecular weight is 347 g/mol. The number of carbonyl (C=O) groups excluding carboxylic acids is 1. The smallest absolute Gasteiger partial charge is 0.263 e. The Hall–Kier alpha value is -1.62. The zero-order valence-corrected chi connectivity index (χ0v) is 11.7. The number of hydrogen-bond donors (Lipinski definition) is 0. The van der Waals surface area contributed by atoms with Crippen LogP contribution < -0.4 is 4.90 Å².